The molecule has 1 rings (SSSR count). The van der Waals surface area contributed by atoms with Crippen LogP contribution in [-0.2, 0) is 0 Å². The summed E-state index contributed by atoms with van der Waals surface area (Å²) < 4.78 is 10.2. The fraction of sp³-hybridized carbons (Fsp3) is 0.400. The van der Waals surface area contributed by atoms with Crippen molar-refractivity contribution in [3.8, 4) is 11.5 Å². The highest BCUT2D eigenvalue weighted by atomic mass is 32.1. The lowest BCUT2D eigenvalue weighted by Crippen LogP contribution is -2.01. The predicted octanol–water partition coefficient (Wildman–Crippen LogP) is 2.30. The molecule has 0 aliphatic heterocycles. The average molecular weight is 243 g/mol. The van der Waals surface area contributed by atoms with Gasteiger partial charge in [0.15, 0.2) is 5.75 Å². The first kappa shape index (κ1) is 12.6. The molecular weight excluding hydrogens is 230 g/mol. The Morgan fingerprint density at radius 2 is 2.25 bits per heavy atom. The summed E-state index contributed by atoms with van der Waals surface area (Å²) in [5.41, 5.74) is -0.0847. The number of hydrogen-bond donors (Lipinski definition) is 1. The van der Waals surface area contributed by atoms with Gasteiger partial charge in [0, 0.05) is 0 Å². The molecule has 0 saturated heterocycles. The maximum Gasteiger partial charge on any atom is 0.314 e. The van der Waals surface area contributed by atoms with Crippen LogP contribution in [0.5, 0.6) is 11.5 Å². The van der Waals surface area contributed by atoms with Crippen molar-refractivity contribution in [1.29, 1.82) is 0 Å². The standard InChI is InChI=1S/C10H13NO4S/c1-14-8-3-4-10(15-5-2-6-16)9(7-8)11(12)13/h3-4,7,16H,2,5-6H2,1H3. The first-order chi connectivity index (χ1) is 7.69. The molecule has 0 aliphatic rings. The van der Waals surface area contributed by atoms with Gasteiger partial charge in [-0.3, -0.25) is 10.1 Å². The Morgan fingerprint density at radius 1 is 1.50 bits per heavy atom. The Bertz CT molecular complexity index is 370. The summed E-state index contributed by atoms with van der Waals surface area (Å²) in [5.74, 6) is 1.38. The molecule has 88 valence electrons. The fourth-order valence-electron chi connectivity index (χ4n) is 1.14. The summed E-state index contributed by atoms with van der Waals surface area (Å²) in [6.07, 6.45) is 0.742. The molecule has 6 heteroatoms. The van der Waals surface area contributed by atoms with Gasteiger partial charge in [0.2, 0.25) is 0 Å². The van der Waals surface area contributed by atoms with E-state index < -0.39 is 4.92 Å². The molecule has 0 amide bonds. The predicted molar refractivity (Wildman–Crippen MR) is 63.6 cm³/mol. The van der Waals surface area contributed by atoms with Crippen LogP contribution in [0.1, 0.15) is 6.42 Å². The van der Waals surface area contributed by atoms with Crippen molar-refractivity contribution in [3.05, 3.63) is 28.3 Å². The van der Waals surface area contributed by atoms with Crippen molar-refractivity contribution in [2.45, 2.75) is 6.42 Å². The van der Waals surface area contributed by atoms with E-state index in [0.29, 0.717) is 18.1 Å². The van der Waals surface area contributed by atoms with Gasteiger partial charge in [-0.05, 0) is 24.3 Å². The van der Waals surface area contributed by atoms with E-state index in [-0.39, 0.29) is 11.4 Å². The van der Waals surface area contributed by atoms with E-state index in [1.807, 2.05) is 0 Å². The van der Waals surface area contributed by atoms with Crippen LogP contribution in [0.25, 0.3) is 0 Å². The van der Waals surface area contributed by atoms with Crippen LogP contribution in [0.4, 0.5) is 5.69 Å². The number of ether oxygens (including phenoxy) is 2. The zero-order valence-corrected chi connectivity index (χ0v) is 9.78. The average Bonchev–Trinajstić information content (AvgIpc) is 2.29. The normalized spacial score (nSPS) is 9.88. The molecule has 0 radical (unpaired) electrons. The molecule has 1 aromatic rings. The summed E-state index contributed by atoms with van der Waals surface area (Å²) in [4.78, 5) is 10.3. The van der Waals surface area contributed by atoms with Gasteiger partial charge in [0.1, 0.15) is 5.75 Å². The van der Waals surface area contributed by atoms with Gasteiger partial charge < -0.3 is 9.47 Å². The number of benzene rings is 1. The summed E-state index contributed by atoms with van der Waals surface area (Å²) in [6.45, 7) is 0.413. The van der Waals surface area contributed by atoms with Gasteiger partial charge >= 0.3 is 5.69 Å². The lowest BCUT2D eigenvalue weighted by atomic mass is 10.3. The number of nitro groups is 1. The summed E-state index contributed by atoms with van der Waals surface area (Å²) in [5, 5.41) is 10.8. The van der Waals surface area contributed by atoms with E-state index in [9.17, 15) is 10.1 Å². The van der Waals surface area contributed by atoms with E-state index in [1.165, 1.54) is 19.2 Å². The Balaban J connectivity index is 2.85. The number of hydrogen-bond acceptors (Lipinski definition) is 5. The Morgan fingerprint density at radius 3 is 2.81 bits per heavy atom. The molecule has 0 unspecified atom stereocenters. The van der Waals surface area contributed by atoms with Crippen molar-refractivity contribution in [2.75, 3.05) is 19.5 Å². The van der Waals surface area contributed by atoms with Gasteiger partial charge in [-0.25, -0.2) is 0 Å². The fourth-order valence-corrected chi connectivity index (χ4v) is 1.26. The molecule has 1 aromatic carbocycles. The van der Waals surface area contributed by atoms with Gasteiger partial charge in [0.05, 0.1) is 24.7 Å². The minimum absolute atomic E-state index is 0.0847. The smallest absolute Gasteiger partial charge is 0.314 e. The van der Waals surface area contributed by atoms with Crippen molar-refractivity contribution in [1.82, 2.24) is 0 Å². The van der Waals surface area contributed by atoms with Crippen LogP contribution in [-0.4, -0.2) is 24.4 Å². The topological polar surface area (TPSA) is 61.6 Å². The molecule has 0 fully saturated rings. The molecule has 0 bridgehead atoms. The molecule has 0 aliphatic carbocycles. The largest absolute Gasteiger partial charge is 0.496 e. The minimum atomic E-state index is -0.488. The Hall–Kier alpha value is -1.43. The highest BCUT2D eigenvalue weighted by Gasteiger charge is 2.16. The molecule has 0 aromatic heterocycles. The number of methoxy groups -OCH3 is 1. The summed E-state index contributed by atoms with van der Waals surface area (Å²) in [6, 6.07) is 4.51. The molecule has 0 saturated carbocycles. The third-order valence-corrected chi connectivity index (χ3v) is 2.24. The zero-order valence-electron chi connectivity index (χ0n) is 8.88. The Kier molecular flexibility index (Phi) is 4.91. The molecule has 5 nitrogen and oxygen atoms in total. The van der Waals surface area contributed by atoms with Crippen LogP contribution >= 0.6 is 12.6 Å². The van der Waals surface area contributed by atoms with Crippen molar-refractivity contribution in [2.24, 2.45) is 0 Å². The second kappa shape index (κ2) is 6.22. The third kappa shape index (κ3) is 3.30. The molecule has 0 heterocycles. The maximum absolute atomic E-state index is 10.8. The highest BCUT2D eigenvalue weighted by Crippen LogP contribution is 2.30. The van der Waals surface area contributed by atoms with Gasteiger partial charge in [-0.1, -0.05) is 0 Å². The molecule has 0 atom stereocenters. The zero-order chi connectivity index (χ0) is 12.0. The monoisotopic (exact) mass is 243 g/mol. The summed E-state index contributed by atoms with van der Waals surface area (Å²) in [7, 11) is 1.46. The van der Waals surface area contributed by atoms with Crippen LogP contribution in [0.3, 0.4) is 0 Å². The number of nitrogens with zero attached hydrogens (tertiary/aromatic N) is 1. The maximum atomic E-state index is 10.8. The molecule has 0 N–H and O–H groups in total. The van der Waals surface area contributed by atoms with E-state index >= 15 is 0 Å². The first-order valence-corrected chi connectivity index (χ1v) is 5.38. The van der Waals surface area contributed by atoms with E-state index in [2.05, 4.69) is 12.6 Å². The second-order valence-corrected chi connectivity index (χ2v) is 3.46. The quantitative estimate of drug-likeness (QED) is 0.360. The molecular formula is C10H13NO4S. The van der Waals surface area contributed by atoms with Crippen LogP contribution in [0, 0.1) is 10.1 Å². The van der Waals surface area contributed by atoms with Gasteiger partial charge in [-0.2, -0.15) is 12.6 Å². The van der Waals surface area contributed by atoms with Gasteiger partial charge in [-0.15, -0.1) is 0 Å². The van der Waals surface area contributed by atoms with E-state index in [0.717, 1.165) is 6.42 Å². The number of rotatable bonds is 6. The van der Waals surface area contributed by atoms with Crippen molar-refractivity contribution < 1.29 is 14.4 Å². The summed E-state index contributed by atoms with van der Waals surface area (Å²) >= 11 is 4.03. The molecule has 0 spiro atoms. The minimum Gasteiger partial charge on any atom is -0.496 e. The third-order valence-electron chi connectivity index (χ3n) is 1.92. The van der Waals surface area contributed by atoms with Gasteiger partial charge in [0.25, 0.3) is 0 Å². The van der Waals surface area contributed by atoms with Crippen molar-refractivity contribution >= 4 is 18.3 Å². The number of nitro benzene ring substituents is 1. The SMILES string of the molecule is COc1ccc(OCCCS)c([N+](=O)[O-])c1. The molecule has 16 heavy (non-hydrogen) atoms. The number of thiol groups is 1. The lowest BCUT2D eigenvalue weighted by Gasteiger charge is -2.07. The van der Waals surface area contributed by atoms with Crippen LogP contribution in [0.2, 0.25) is 0 Å². The lowest BCUT2D eigenvalue weighted by molar-refractivity contribution is -0.385. The second-order valence-electron chi connectivity index (χ2n) is 3.02. The highest BCUT2D eigenvalue weighted by molar-refractivity contribution is 7.80. The Labute approximate surface area is 98.9 Å². The van der Waals surface area contributed by atoms with Crippen LogP contribution < -0.4 is 9.47 Å². The van der Waals surface area contributed by atoms with E-state index in [4.69, 9.17) is 9.47 Å². The van der Waals surface area contributed by atoms with Crippen molar-refractivity contribution in [3.63, 3.8) is 0 Å². The van der Waals surface area contributed by atoms with Crippen LogP contribution in [0.15, 0.2) is 18.2 Å². The van der Waals surface area contributed by atoms with E-state index in [1.54, 1.807) is 6.07 Å². The first-order valence-electron chi connectivity index (χ1n) is 4.75.